The predicted octanol–water partition coefficient (Wildman–Crippen LogP) is 6.72. The Morgan fingerprint density at radius 1 is 0.521 bits per heavy atom. The lowest BCUT2D eigenvalue weighted by atomic mass is 10.0. The lowest BCUT2D eigenvalue weighted by molar-refractivity contribution is -0.141. The van der Waals surface area contributed by atoms with Gasteiger partial charge in [-0.1, -0.05) is 115 Å². The Hall–Kier alpha value is -5.57. The van der Waals surface area contributed by atoms with Gasteiger partial charge in [0.15, 0.2) is 6.10 Å². The third-order valence-corrected chi connectivity index (χ3v) is 8.05. The number of hydrogen-bond donors (Lipinski definition) is 0. The van der Waals surface area contributed by atoms with E-state index in [0.29, 0.717) is 29.8 Å². The smallest absolute Gasteiger partial charge is 0.340 e. The summed E-state index contributed by atoms with van der Waals surface area (Å²) in [7, 11) is 0. The summed E-state index contributed by atoms with van der Waals surface area (Å²) in [6.45, 7) is 0.689. The average Bonchev–Trinajstić information content (AvgIpc) is 3.47. The van der Waals surface area contributed by atoms with Crippen LogP contribution in [0.5, 0.6) is 0 Å². The molecule has 48 heavy (non-hydrogen) atoms. The predicted molar refractivity (Wildman–Crippen MR) is 179 cm³/mol. The molecule has 242 valence electrons. The highest BCUT2D eigenvalue weighted by atomic mass is 16.7. The van der Waals surface area contributed by atoms with Crippen molar-refractivity contribution in [2.75, 3.05) is 6.61 Å². The van der Waals surface area contributed by atoms with Crippen molar-refractivity contribution >= 4 is 17.9 Å². The molecule has 2 unspecified atom stereocenters. The van der Waals surface area contributed by atoms with Crippen molar-refractivity contribution in [1.29, 1.82) is 0 Å². The Morgan fingerprint density at radius 3 is 1.38 bits per heavy atom. The van der Waals surface area contributed by atoms with Crippen molar-refractivity contribution in [3.63, 3.8) is 0 Å². The van der Waals surface area contributed by atoms with Crippen LogP contribution < -0.4 is 0 Å². The molecule has 5 aromatic carbocycles. The van der Waals surface area contributed by atoms with Crippen LogP contribution in [0.25, 0.3) is 0 Å². The van der Waals surface area contributed by atoms with E-state index in [4.69, 9.17) is 18.9 Å². The molecule has 8 nitrogen and oxygen atoms in total. The monoisotopic (exact) mass is 641 g/mol. The first kappa shape index (κ1) is 32.4. The molecule has 0 radical (unpaired) electrons. The molecule has 8 heteroatoms. The molecule has 1 aliphatic heterocycles. The number of esters is 3. The normalized spacial score (nSPS) is 18.6. The zero-order valence-corrected chi connectivity index (χ0v) is 26.2. The van der Waals surface area contributed by atoms with E-state index in [9.17, 15) is 14.4 Å². The summed E-state index contributed by atoms with van der Waals surface area (Å²) in [6.07, 6.45) is -3.23. The Bertz CT molecular complexity index is 1730. The molecule has 4 atom stereocenters. The summed E-state index contributed by atoms with van der Waals surface area (Å²) >= 11 is 0. The number of rotatable bonds is 12. The zero-order chi connectivity index (χ0) is 33.1. The quantitative estimate of drug-likeness (QED) is 0.110. The molecule has 0 saturated carbocycles. The molecule has 0 aliphatic carbocycles. The lowest BCUT2D eigenvalue weighted by Gasteiger charge is -2.35. The second kappa shape index (κ2) is 15.8. The van der Waals surface area contributed by atoms with Crippen LogP contribution in [0.15, 0.2) is 152 Å². The van der Waals surface area contributed by atoms with Gasteiger partial charge in [-0.15, -0.1) is 0 Å². The van der Waals surface area contributed by atoms with Gasteiger partial charge in [0.05, 0.1) is 22.7 Å². The second-order valence-electron chi connectivity index (χ2n) is 11.4. The largest absolute Gasteiger partial charge is 0.459 e. The summed E-state index contributed by atoms with van der Waals surface area (Å²) < 4.78 is 24.4. The SMILES string of the molecule is O=C(OC[C@H]1O[C@H](OC(=O)c2ccccc2)C(OC(=O)c2ccccc2)C1N(Cc1ccccc1)Cc1ccccc1)c1ccccc1. The topological polar surface area (TPSA) is 91.4 Å². The van der Waals surface area contributed by atoms with Gasteiger partial charge in [0.1, 0.15) is 12.7 Å². The van der Waals surface area contributed by atoms with E-state index in [1.165, 1.54) is 0 Å². The molecule has 6 rings (SSSR count). The number of benzene rings is 5. The van der Waals surface area contributed by atoms with E-state index in [2.05, 4.69) is 4.90 Å². The van der Waals surface area contributed by atoms with Crippen molar-refractivity contribution in [2.45, 2.75) is 37.6 Å². The van der Waals surface area contributed by atoms with Crippen LogP contribution >= 0.6 is 0 Å². The van der Waals surface area contributed by atoms with Crippen molar-refractivity contribution < 1.29 is 33.3 Å². The van der Waals surface area contributed by atoms with Gasteiger partial charge in [-0.05, 0) is 47.5 Å². The maximum atomic E-state index is 13.6. The van der Waals surface area contributed by atoms with Crippen LogP contribution in [0.2, 0.25) is 0 Å². The standard InChI is InChI=1S/C40H35NO7/c42-37(31-20-10-3-11-21-31)45-28-34-35(41(26-29-16-6-1-7-17-29)27-30-18-8-2-9-19-30)36(47-38(43)32-22-12-4-13-23-32)40(46-34)48-39(44)33-24-14-5-15-25-33/h1-25,34-36,40H,26-28H2/t34-,35?,36?,40-/m1/s1. The molecule has 1 aliphatic rings. The third kappa shape index (κ3) is 8.22. The minimum atomic E-state index is -1.30. The van der Waals surface area contributed by atoms with Gasteiger partial charge < -0.3 is 18.9 Å². The Labute approximate surface area is 279 Å². The highest BCUT2D eigenvalue weighted by Gasteiger charge is 2.52. The maximum absolute atomic E-state index is 13.6. The average molecular weight is 642 g/mol. The van der Waals surface area contributed by atoms with Gasteiger partial charge in [0.2, 0.25) is 6.29 Å². The Morgan fingerprint density at radius 2 is 0.917 bits per heavy atom. The second-order valence-corrected chi connectivity index (χ2v) is 11.4. The third-order valence-electron chi connectivity index (χ3n) is 8.05. The first-order chi connectivity index (χ1) is 23.5. The summed E-state index contributed by atoms with van der Waals surface area (Å²) in [5.74, 6) is -1.77. The molecule has 0 amide bonds. The number of carbonyl (C=O) groups is 3. The van der Waals surface area contributed by atoms with Gasteiger partial charge in [0.25, 0.3) is 0 Å². The van der Waals surface area contributed by atoms with E-state index < -0.39 is 42.4 Å². The van der Waals surface area contributed by atoms with Gasteiger partial charge in [-0.2, -0.15) is 0 Å². The Balaban J connectivity index is 1.38. The summed E-state index contributed by atoms with van der Waals surface area (Å²) in [5, 5.41) is 0. The van der Waals surface area contributed by atoms with Crippen LogP contribution in [0.3, 0.4) is 0 Å². The summed E-state index contributed by atoms with van der Waals surface area (Å²) in [5.41, 5.74) is 3.05. The summed E-state index contributed by atoms with van der Waals surface area (Å²) in [6, 6.07) is 44.9. The van der Waals surface area contributed by atoms with E-state index >= 15 is 0 Å². The van der Waals surface area contributed by atoms with Crippen LogP contribution in [0, 0.1) is 0 Å². The molecule has 1 heterocycles. The van der Waals surface area contributed by atoms with Gasteiger partial charge in [-0.3, -0.25) is 4.90 Å². The van der Waals surface area contributed by atoms with Gasteiger partial charge in [0, 0.05) is 13.1 Å². The zero-order valence-electron chi connectivity index (χ0n) is 26.2. The number of nitrogens with zero attached hydrogens (tertiary/aromatic N) is 1. The van der Waals surface area contributed by atoms with Gasteiger partial charge in [-0.25, -0.2) is 14.4 Å². The first-order valence-electron chi connectivity index (χ1n) is 15.8. The van der Waals surface area contributed by atoms with E-state index in [1.54, 1.807) is 84.9 Å². The Kier molecular flexibility index (Phi) is 10.7. The van der Waals surface area contributed by atoms with Gasteiger partial charge >= 0.3 is 17.9 Å². The first-order valence-corrected chi connectivity index (χ1v) is 15.8. The minimum Gasteiger partial charge on any atom is -0.459 e. The number of hydrogen-bond acceptors (Lipinski definition) is 8. The van der Waals surface area contributed by atoms with Crippen molar-refractivity contribution in [3.05, 3.63) is 179 Å². The van der Waals surface area contributed by atoms with E-state index in [-0.39, 0.29) is 6.61 Å². The number of ether oxygens (including phenoxy) is 4. The van der Waals surface area contributed by atoms with Crippen molar-refractivity contribution in [1.82, 2.24) is 4.90 Å². The van der Waals surface area contributed by atoms with Crippen molar-refractivity contribution in [3.8, 4) is 0 Å². The molecule has 0 aromatic heterocycles. The molecule has 0 spiro atoms. The lowest BCUT2D eigenvalue weighted by Crippen LogP contribution is -2.50. The number of carbonyl (C=O) groups excluding carboxylic acids is 3. The van der Waals surface area contributed by atoms with E-state index in [0.717, 1.165) is 11.1 Å². The molecular formula is C40H35NO7. The molecule has 0 N–H and O–H groups in total. The molecular weight excluding hydrogens is 606 g/mol. The molecule has 1 saturated heterocycles. The van der Waals surface area contributed by atoms with Crippen LogP contribution in [-0.4, -0.2) is 54.0 Å². The van der Waals surface area contributed by atoms with Crippen LogP contribution in [0.4, 0.5) is 0 Å². The van der Waals surface area contributed by atoms with Crippen molar-refractivity contribution in [2.24, 2.45) is 0 Å². The summed E-state index contributed by atoms with van der Waals surface area (Å²) in [4.78, 5) is 42.2. The fraction of sp³-hybridized carbons (Fsp3) is 0.175. The van der Waals surface area contributed by atoms with E-state index in [1.807, 2.05) is 66.7 Å². The minimum absolute atomic E-state index is 0.183. The molecule has 1 fully saturated rings. The maximum Gasteiger partial charge on any atom is 0.340 e. The molecule has 5 aromatic rings. The van der Waals surface area contributed by atoms with Crippen LogP contribution in [0.1, 0.15) is 42.2 Å². The fourth-order valence-corrected chi connectivity index (χ4v) is 5.74. The highest BCUT2D eigenvalue weighted by molar-refractivity contribution is 5.90. The fourth-order valence-electron chi connectivity index (χ4n) is 5.74. The molecule has 0 bridgehead atoms. The highest BCUT2D eigenvalue weighted by Crippen LogP contribution is 2.33. The van der Waals surface area contributed by atoms with Crippen LogP contribution in [-0.2, 0) is 32.0 Å².